The van der Waals surface area contributed by atoms with Gasteiger partial charge in [-0.1, -0.05) is 25.0 Å². The van der Waals surface area contributed by atoms with Gasteiger partial charge in [0.15, 0.2) is 0 Å². The number of para-hydroxylation sites is 1. The highest BCUT2D eigenvalue weighted by Gasteiger charge is 2.47. The molecule has 16 heavy (non-hydrogen) atoms. The second-order valence-corrected chi connectivity index (χ2v) is 5.11. The van der Waals surface area contributed by atoms with E-state index in [-0.39, 0.29) is 0 Å². The molecule has 1 N–H and O–H groups in total. The van der Waals surface area contributed by atoms with Gasteiger partial charge in [0.1, 0.15) is 5.75 Å². The van der Waals surface area contributed by atoms with Crippen LogP contribution in [-0.2, 0) is 5.41 Å². The van der Waals surface area contributed by atoms with Crippen LogP contribution >= 0.6 is 0 Å². The highest BCUT2D eigenvalue weighted by atomic mass is 16.5. The fourth-order valence-electron chi connectivity index (χ4n) is 3.56. The first-order valence-electron chi connectivity index (χ1n) is 6.22. The Morgan fingerprint density at radius 1 is 1.31 bits per heavy atom. The van der Waals surface area contributed by atoms with Gasteiger partial charge >= 0.3 is 0 Å². The molecule has 3 rings (SSSR count). The van der Waals surface area contributed by atoms with Crippen LogP contribution in [0.4, 0.5) is 5.69 Å². The maximum Gasteiger partial charge on any atom is 0.142 e. The van der Waals surface area contributed by atoms with Gasteiger partial charge in [-0.05, 0) is 31.4 Å². The molecule has 1 atom stereocenters. The monoisotopic (exact) mass is 217 g/mol. The second-order valence-electron chi connectivity index (χ2n) is 5.11. The van der Waals surface area contributed by atoms with Crippen LogP contribution in [0.5, 0.6) is 5.75 Å². The number of ether oxygens (including phenoxy) is 1. The third-order valence-electron chi connectivity index (χ3n) is 4.47. The van der Waals surface area contributed by atoms with Crippen molar-refractivity contribution in [3.8, 4) is 5.75 Å². The summed E-state index contributed by atoms with van der Waals surface area (Å²) in [5, 5.41) is 3.62. The van der Waals surface area contributed by atoms with Gasteiger partial charge in [-0.2, -0.15) is 0 Å². The molecule has 1 aromatic rings. The SMILES string of the molecule is COc1cccc2c1NC(C)C21CCCC1. The van der Waals surface area contributed by atoms with Gasteiger partial charge in [-0.3, -0.25) is 0 Å². The molecule has 0 amide bonds. The lowest BCUT2D eigenvalue weighted by Crippen LogP contribution is -2.33. The van der Waals surface area contributed by atoms with Gasteiger partial charge in [-0.15, -0.1) is 0 Å². The predicted octanol–water partition coefficient (Wildman–Crippen LogP) is 3.32. The zero-order valence-corrected chi connectivity index (χ0v) is 10.0. The maximum atomic E-state index is 5.45. The third kappa shape index (κ3) is 1.13. The average molecular weight is 217 g/mol. The lowest BCUT2D eigenvalue weighted by atomic mass is 9.76. The van der Waals surface area contributed by atoms with Crippen molar-refractivity contribution in [2.45, 2.75) is 44.1 Å². The van der Waals surface area contributed by atoms with E-state index in [1.807, 2.05) is 6.07 Å². The standard InChI is InChI=1S/C14H19NO/c1-10-14(8-3-4-9-14)11-6-5-7-12(16-2)13(11)15-10/h5-7,10,15H,3-4,8-9H2,1-2H3. The van der Waals surface area contributed by atoms with Gasteiger partial charge < -0.3 is 10.1 Å². The highest BCUT2D eigenvalue weighted by molar-refractivity contribution is 5.70. The summed E-state index contributed by atoms with van der Waals surface area (Å²) in [6.45, 7) is 2.31. The Bertz CT molecular complexity index is 407. The van der Waals surface area contributed by atoms with Gasteiger partial charge in [0.05, 0.1) is 12.8 Å². The van der Waals surface area contributed by atoms with Crippen molar-refractivity contribution in [3.05, 3.63) is 23.8 Å². The number of anilines is 1. The predicted molar refractivity (Wildman–Crippen MR) is 66.2 cm³/mol. The molecular weight excluding hydrogens is 198 g/mol. The van der Waals surface area contributed by atoms with E-state index >= 15 is 0 Å². The van der Waals surface area contributed by atoms with Crippen molar-refractivity contribution < 1.29 is 4.74 Å². The number of nitrogens with one attached hydrogen (secondary N) is 1. The number of fused-ring (bicyclic) bond motifs is 2. The molecule has 1 unspecified atom stereocenters. The average Bonchev–Trinajstić information content (AvgIpc) is 2.88. The summed E-state index contributed by atoms with van der Waals surface area (Å²) in [4.78, 5) is 0. The lowest BCUT2D eigenvalue weighted by Gasteiger charge is -2.28. The minimum Gasteiger partial charge on any atom is -0.495 e. The number of methoxy groups -OCH3 is 1. The number of benzene rings is 1. The van der Waals surface area contributed by atoms with Gasteiger partial charge in [0, 0.05) is 11.5 Å². The molecule has 2 heteroatoms. The fourth-order valence-corrected chi connectivity index (χ4v) is 3.56. The molecule has 1 aliphatic carbocycles. The van der Waals surface area contributed by atoms with Crippen LogP contribution in [-0.4, -0.2) is 13.2 Å². The summed E-state index contributed by atoms with van der Waals surface area (Å²) in [6, 6.07) is 6.99. The normalized spacial score (nSPS) is 25.5. The van der Waals surface area contributed by atoms with E-state index in [0.717, 1.165) is 5.75 Å². The minimum atomic E-state index is 0.379. The second kappa shape index (κ2) is 3.41. The summed E-state index contributed by atoms with van der Waals surface area (Å²) < 4.78 is 5.45. The van der Waals surface area contributed by atoms with E-state index in [9.17, 15) is 0 Å². The summed E-state index contributed by atoms with van der Waals surface area (Å²) >= 11 is 0. The molecule has 1 fully saturated rings. The third-order valence-corrected chi connectivity index (χ3v) is 4.47. The van der Waals surface area contributed by atoms with Crippen LogP contribution in [0.1, 0.15) is 38.2 Å². The smallest absolute Gasteiger partial charge is 0.142 e. The van der Waals surface area contributed by atoms with Crippen molar-refractivity contribution in [2.24, 2.45) is 0 Å². The van der Waals surface area contributed by atoms with E-state index in [1.165, 1.54) is 36.9 Å². The Hall–Kier alpha value is -1.18. The minimum absolute atomic E-state index is 0.379. The Morgan fingerprint density at radius 3 is 2.75 bits per heavy atom. The van der Waals surface area contributed by atoms with Crippen LogP contribution in [0.3, 0.4) is 0 Å². The van der Waals surface area contributed by atoms with E-state index in [2.05, 4.69) is 24.4 Å². The van der Waals surface area contributed by atoms with E-state index < -0.39 is 0 Å². The van der Waals surface area contributed by atoms with E-state index in [4.69, 9.17) is 4.74 Å². The molecule has 0 bridgehead atoms. The molecule has 2 aliphatic rings. The van der Waals surface area contributed by atoms with Crippen LogP contribution in [0, 0.1) is 0 Å². The Kier molecular flexibility index (Phi) is 2.13. The van der Waals surface area contributed by atoms with Crippen LogP contribution < -0.4 is 10.1 Å². The molecule has 1 aromatic carbocycles. The zero-order chi connectivity index (χ0) is 11.2. The Morgan fingerprint density at radius 2 is 2.06 bits per heavy atom. The molecule has 1 spiro atoms. The number of hydrogen-bond acceptors (Lipinski definition) is 2. The van der Waals surface area contributed by atoms with E-state index in [1.54, 1.807) is 7.11 Å². The Balaban J connectivity index is 2.14. The van der Waals surface area contributed by atoms with Crippen LogP contribution in [0.25, 0.3) is 0 Å². The first-order chi connectivity index (χ1) is 7.78. The molecule has 86 valence electrons. The maximum absolute atomic E-state index is 5.45. The molecular formula is C14H19NO. The summed E-state index contributed by atoms with van der Waals surface area (Å²) in [5.74, 6) is 0.994. The summed E-state index contributed by atoms with van der Waals surface area (Å²) in [7, 11) is 1.75. The molecule has 0 saturated heterocycles. The molecule has 0 aromatic heterocycles. The van der Waals surface area contributed by atoms with Crippen molar-refractivity contribution in [1.29, 1.82) is 0 Å². The first kappa shape index (κ1) is 10.0. The molecule has 1 heterocycles. The highest BCUT2D eigenvalue weighted by Crippen LogP contribution is 2.53. The van der Waals surface area contributed by atoms with Crippen molar-refractivity contribution in [2.75, 3.05) is 12.4 Å². The van der Waals surface area contributed by atoms with Gasteiger partial charge in [0.25, 0.3) is 0 Å². The molecule has 1 aliphatic heterocycles. The summed E-state index contributed by atoms with van der Waals surface area (Å²) in [6.07, 6.45) is 5.37. The largest absolute Gasteiger partial charge is 0.495 e. The van der Waals surface area contributed by atoms with Crippen molar-refractivity contribution >= 4 is 5.69 Å². The van der Waals surface area contributed by atoms with Crippen LogP contribution in [0.15, 0.2) is 18.2 Å². The number of rotatable bonds is 1. The quantitative estimate of drug-likeness (QED) is 0.779. The first-order valence-corrected chi connectivity index (χ1v) is 6.22. The van der Waals surface area contributed by atoms with Gasteiger partial charge in [0.2, 0.25) is 0 Å². The zero-order valence-electron chi connectivity index (χ0n) is 10.0. The molecule has 1 saturated carbocycles. The van der Waals surface area contributed by atoms with Gasteiger partial charge in [-0.25, -0.2) is 0 Å². The van der Waals surface area contributed by atoms with E-state index in [0.29, 0.717) is 11.5 Å². The molecule has 0 radical (unpaired) electrons. The molecule has 2 nitrogen and oxygen atoms in total. The topological polar surface area (TPSA) is 21.3 Å². The van der Waals surface area contributed by atoms with Crippen molar-refractivity contribution in [3.63, 3.8) is 0 Å². The fraction of sp³-hybridized carbons (Fsp3) is 0.571. The Labute approximate surface area is 97.0 Å². The van der Waals surface area contributed by atoms with Crippen molar-refractivity contribution in [1.82, 2.24) is 0 Å². The number of hydrogen-bond donors (Lipinski definition) is 1. The van der Waals surface area contributed by atoms with Crippen LogP contribution in [0.2, 0.25) is 0 Å². The lowest BCUT2D eigenvalue weighted by molar-refractivity contribution is 0.410. The summed E-state index contributed by atoms with van der Waals surface area (Å²) in [5.41, 5.74) is 3.10.